The maximum Gasteiger partial charge on any atom is 0.307 e. The van der Waals surface area contributed by atoms with E-state index in [1.165, 1.54) is 31.4 Å². The molecule has 1 atom stereocenters. The molecule has 0 saturated heterocycles. The monoisotopic (exact) mass is 357 g/mol. The summed E-state index contributed by atoms with van der Waals surface area (Å²) in [6.07, 6.45) is -0.0317. The number of halogens is 1. The van der Waals surface area contributed by atoms with Crippen LogP contribution in [0.1, 0.15) is 41.2 Å². The third-order valence-electron chi connectivity index (χ3n) is 3.88. The maximum atomic E-state index is 12.9. The molecular weight excluding hydrogens is 337 g/mol. The molecule has 0 aliphatic rings. The number of amides is 1. The SMILES string of the molecule is COC(=O)C[C@@H](NC(=O)CCC(=O)c1ccc(F)cc1)c1ccccc1. The van der Waals surface area contributed by atoms with E-state index in [0.717, 1.165) is 5.56 Å². The molecule has 1 amide bonds. The molecule has 0 spiro atoms. The molecule has 0 saturated carbocycles. The lowest BCUT2D eigenvalue weighted by Crippen LogP contribution is -2.30. The Labute approximate surface area is 151 Å². The van der Waals surface area contributed by atoms with Gasteiger partial charge in [0.05, 0.1) is 19.6 Å². The van der Waals surface area contributed by atoms with E-state index in [0.29, 0.717) is 5.56 Å². The summed E-state index contributed by atoms with van der Waals surface area (Å²) in [6.45, 7) is 0. The van der Waals surface area contributed by atoms with E-state index in [9.17, 15) is 18.8 Å². The number of esters is 1. The number of rotatable bonds is 8. The van der Waals surface area contributed by atoms with Gasteiger partial charge in [0.1, 0.15) is 5.82 Å². The van der Waals surface area contributed by atoms with Crippen LogP contribution in [0, 0.1) is 5.82 Å². The van der Waals surface area contributed by atoms with Gasteiger partial charge in [0.15, 0.2) is 5.78 Å². The molecule has 0 aromatic heterocycles. The number of carbonyl (C=O) groups excluding carboxylic acids is 3. The van der Waals surface area contributed by atoms with Gasteiger partial charge in [-0.2, -0.15) is 0 Å². The van der Waals surface area contributed by atoms with Crippen molar-refractivity contribution in [3.63, 3.8) is 0 Å². The van der Waals surface area contributed by atoms with E-state index >= 15 is 0 Å². The van der Waals surface area contributed by atoms with Crippen LogP contribution >= 0.6 is 0 Å². The Kier molecular flexibility index (Phi) is 7.02. The summed E-state index contributed by atoms with van der Waals surface area (Å²) in [6, 6.07) is 13.7. The number of hydrogen-bond donors (Lipinski definition) is 1. The summed E-state index contributed by atoms with van der Waals surface area (Å²) in [5, 5.41) is 2.76. The van der Waals surface area contributed by atoms with Crippen molar-refractivity contribution in [2.24, 2.45) is 0 Å². The van der Waals surface area contributed by atoms with Crippen molar-refractivity contribution in [1.82, 2.24) is 5.32 Å². The van der Waals surface area contributed by atoms with Crippen LogP contribution in [0.3, 0.4) is 0 Å². The average molecular weight is 357 g/mol. The molecule has 1 N–H and O–H groups in total. The first-order chi connectivity index (χ1) is 12.5. The predicted molar refractivity (Wildman–Crippen MR) is 93.9 cm³/mol. The third kappa shape index (κ3) is 5.81. The van der Waals surface area contributed by atoms with Crippen LogP contribution in [0.15, 0.2) is 54.6 Å². The molecule has 0 aliphatic carbocycles. The van der Waals surface area contributed by atoms with Gasteiger partial charge in [0.25, 0.3) is 0 Å². The highest BCUT2D eigenvalue weighted by Crippen LogP contribution is 2.17. The normalized spacial score (nSPS) is 11.5. The maximum absolute atomic E-state index is 12.9. The minimum Gasteiger partial charge on any atom is -0.469 e. The van der Waals surface area contributed by atoms with Gasteiger partial charge in [-0.3, -0.25) is 14.4 Å². The molecule has 26 heavy (non-hydrogen) atoms. The van der Waals surface area contributed by atoms with Gasteiger partial charge < -0.3 is 10.1 Å². The van der Waals surface area contributed by atoms with Crippen LogP contribution in [0.4, 0.5) is 4.39 Å². The molecule has 0 heterocycles. The van der Waals surface area contributed by atoms with Crippen LogP contribution in [0.25, 0.3) is 0 Å². The van der Waals surface area contributed by atoms with Crippen LogP contribution in [-0.4, -0.2) is 24.8 Å². The van der Waals surface area contributed by atoms with Crippen LogP contribution < -0.4 is 5.32 Å². The van der Waals surface area contributed by atoms with Gasteiger partial charge in [-0.15, -0.1) is 0 Å². The van der Waals surface area contributed by atoms with E-state index in [-0.39, 0.29) is 31.0 Å². The fraction of sp³-hybridized carbons (Fsp3) is 0.250. The molecule has 0 bridgehead atoms. The molecule has 6 heteroatoms. The molecule has 2 rings (SSSR count). The quantitative estimate of drug-likeness (QED) is 0.582. The Morgan fingerprint density at radius 2 is 1.65 bits per heavy atom. The largest absolute Gasteiger partial charge is 0.469 e. The summed E-state index contributed by atoms with van der Waals surface area (Å²) in [7, 11) is 1.29. The molecule has 0 unspecified atom stereocenters. The fourth-order valence-electron chi connectivity index (χ4n) is 2.46. The van der Waals surface area contributed by atoms with Crippen molar-refractivity contribution >= 4 is 17.7 Å². The van der Waals surface area contributed by atoms with E-state index in [2.05, 4.69) is 10.1 Å². The fourth-order valence-corrected chi connectivity index (χ4v) is 2.46. The number of carbonyl (C=O) groups is 3. The highest BCUT2D eigenvalue weighted by Gasteiger charge is 2.19. The van der Waals surface area contributed by atoms with Crippen LogP contribution in [0.2, 0.25) is 0 Å². The second-order valence-electron chi connectivity index (χ2n) is 5.74. The standard InChI is InChI=1S/C20H20FNO4/c1-26-20(25)13-17(14-5-3-2-4-6-14)22-19(24)12-11-18(23)15-7-9-16(21)10-8-15/h2-10,17H,11-13H2,1H3,(H,22,24)/t17-/m1/s1. The number of hydrogen-bond acceptors (Lipinski definition) is 4. The zero-order chi connectivity index (χ0) is 18.9. The number of Topliss-reactive ketones (excluding diaryl/α,β-unsaturated/α-hetero) is 1. The highest BCUT2D eigenvalue weighted by atomic mass is 19.1. The first-order valence-electron chi connectivity index (χ1n) is 8.19. The Balaban J connectivity index is 1.95. The number of ketones is 1. The van der Waals surface area contributed by atoms with Crippen molar-refractivity contribution in [3.05, 3.63) is 71.5 Å². The zero-order valence-corrected chi connectivity index (χ0v) is 14.4. The Bertz CT molecular complexity index is 759. The zero-order valence-electron chi connectivity index (χ0n) is 14.4. The van der Waals surface area contributed by atoms with Gasteiger partial charge in [-0.05, 0) is 29.8 Å². The summed E-state index contributed by atoms with van der Waals surface area (Å²) >= 11 is 0. The Hall–Kier alpha value is -3.02. The molecule has 0 radical (unpaired) electrons. The second kappa shape index (κ2) is 9.46. The molecular formula is C20H20FNO4. The van der Waals surface area contributed by atoms with Crippen molar-refractivity contribution in [2.75, 3.05) is 7.11 Å². The number of benzene rings is 2. The summed E-state index contributed by atoms with van der Waals surface area (Å²) in [5.41, 5.74) is 1.13. The lowest BCUT2D eigenvalue weighted by molar-refractivity contribution is -0.141. The molecule has 2 aromatic rings. The highest BCUT2D eigenvalue weighted by molar-refractivity contribution is 5.97. The van der Waals surface area contributed by atoms with E-state index in [1.807, 2.05) is 18.2 Å². The third-order valence-corrected chi connectivity index (χ3v) is 3.88. The van der Waals surface area contributed by atoms with Crippen molar-refractivity contribution < 1.29 is 23.5 Å². The summed E-state index contributed by atoms with van der Waals surface area (Å²) in [4.78, 5) is 35.9. The van der Waals surface area contributed by atoms with Gasteiger partial charge >= 0.3 is 5.97 Å². The Morgan fingerprint density at radius 3 is 2.27 bits per heavy atom. The van der Waals surface area contributed by atoms with Crippen molar-refractivity contribution in [2.45, 2.75) is 25.3 Å². The van der Waals surface area contributed by atoms with Gasteiger partial charge in [0.2, 0.25) is 5.91 Å². The minimum atomic E-state index is -0.530. The number of nitrogens with one attached hydrogen (secondary N) is 1. The average Bonchev–Trinajstić information content (AvgIpc) is 2.66. The molecule has 0 fully saturated rings. The van der Waals surface area contributed by atoms with Crippen molar-refractivity contribution in [1.29, 1.82) is 0 Å². The molecule has 2 aromatic carbocycles. The predicted octanol–water partition coefficient (Wildman–Crippen LogP) is 3.21. The summed E-state index contributed by atoms with van der Waals surface area (Å²) in [5.74, 6) is -1.46. The van der Waals surface area contributed by atoms with Gasteiger partial charge in [-0.25, -0.2) is 4.39 Å². The molecule has 0 aliphatic heterocycles. The van der Waals surface area contributed by atoms with Gasteiger partial charge in [-0.1, -0.05) is 30.3 Å². The number of ether oxygens (including phenoxy) is 1. The topological polar surface area (TPSA) is 72.5 Å². The summed E-state index contributed by atoms with van der Waals surface area (Å²) < 4.78 is 17.6. The lowest BCUT2D eigenvalue weighted by atomic mass is 10.0. The van der Waals surface area contributed by atoms with Crippen molar-refractivity contribution in [3.8, 4) is 0 Å². The smallest absolute Gasteiger partial charge is 0.307 e. The van der Waals surface area contributed by atoms with E-state index in [4.69, 9.17) is 0 Å². The van der Waals surface area contributed by atoms with E-state index in [1.54, 1.807) is 12.1 Å². The molecule has 136 valence electrons. The second-order valence-corrected chi connectivity index (χ2v) is 5.74. The van der Waals surface area contributed by atoms with Gasteiger partial charge in [0, 0.05) is 18.4 Å². The van der Waals surface area contributed by atoms with Crippen LogP contribution in [0.5, 0.6) is 0 Å². The first kappa shape index (κ1) is 19.3. The first-order valence-corrected chi connectivity index (χ1v) is 8.19. The van der Waals surface area contributed by atoms with Crippen LogP contribution in [-0.2, 0) is 14.3 Å². The Morgan fingerprint density at radius 1 is 1.00 bits per heavy atom. The minimum absolute atomic E-state index is 0.00182. The van der Waals surface area contributed by atoms with E-state index < -0.39 is 17.8 Å². The lowest BCUT2D eigenvalue weighted by Gasteiger charge is -2.18. The molecule has 5 nitrogen and oxygen atoms in total. The number of methoxy groups -OCH3 is 1.